The monoisotopic (exact) mass is 336 g/mol. The molecule has 2 rings (SSSR count). The van der Waals surface area contributed by atoms with Gasteiger partial charge in [-0.3, -0.25) is 0 Å². The van der Waals surface area contributed by atoms with Crippen LogP contribution in [0, 0.1) is 3.83 Å². The fraction of sp³-hybridized carbons (Fsp3) is 0.111. The number of halogens is 2. The molecule has 0 unspecified atom stereocenters. The Kier molecular flexibility index (Phi) is 3.35. The van der Waals surface area contributed by atoms with Crippen LogP contribution in [0.5, 0.6) is 0 Å². The van der Waals surface area contributed by atoms with Gasteiger partial charge in [-0.15, -0.1) is 0 Å². The van der Waals surface area contributed by atoms with Crippen LogP contribution in [0.3, 0.4) is 0 Å². The Morgan fingerprint density at radius 2 is 2.14 bits per heavy atom. The van der Waals surface area contributed by atoms with Gasteiger partial charge in [-0.25, -0.2) is 4.98 Å². The molecule has 0 aliphatic heterocycles. The summed E-state index contributed by atoms with van der Waals surface area (Å²) in [4.78, 5) is 4.28. The molecule has 0 radical (unpaired) electrons. The largest absolute Gasteiger partial charge is 0.214 e. The Bertz CT molecular complexity index is 444. The molecule has 0 N–H and O–H groups in total. The molecule has 2 nitrogen and oxygen atoms in total. The standard InChI is InChI=1S/C9H6ClIN2S/c10-7-4-2-1-3-6(7)5-8-12-9(11)13-14-8/h1-4H,5H2. The van der Waals surface area contributed by atoms with E-state index in [2.05, 4.69) is 31.9 Å². The van der Waals surface area contributed by atoms with E-state index in [1.807, 2.05) is 24.3 Å². The molecule has 0 aliphatic carbocycles. The first kappa shape index (κ1) is 10.3. The molecule has 1 aromatic carbocycles. The summed E-state index contributed by atoms with van der Waals surface area (Å²) in [6, 6.07) is 7.81. The highest BCUT2D eigenvalue weighted by atomic mass is 127. The van der Waals surface area contributed by atoms with Crippen molar-refractivity contribution in [1.29, 1.82) is 0 Å². The van der Waals surface area contributed by atoms with Gasteiger partial charge in [-0.2, -0.15) is 4.37 Å². The highest BCUT2D eigenvalue weighted by Gasteiger charge is 2.05. The Labute approximate surface area is 105 Å². The summed E-state index contributed by atoms with van der Waals surface area (Å²) in [6.07, 6.45) is 0.764. The van der Waals surface area contributed by atoms with Crippen LogP contribution in [0.4, 0.5) is 0 Å². The molecule has 5 heteroatoms. The summed E-state index contributed by atoms with van der Waals surface area (Å²) in [5.74, 6) is 0. The number of benzene rings is 1. The predicted molar refractivity (Wildman–Crippen MR) is 66.9 cm³/mol. The average Bonchev–Trinajstić information content (AvgIpc) is 2.56. The minimum atomic E-state index is 0.764. The first-order valence-corrected chi connectivity index (χ1v) is 6.20. The smallest absolute Gasteiger partial charge is 0.203 e. The predicted octanol–water partition coefficient (Wildman–Crippen LogP) is 3.39. The van der Waals surface area contributed by atoms with Crippen molar-refractivity contribution < 1.29 is 0 Å². The Hall–Kier alpha value is -0.200. The van der Waals surface area contributed by atoms with Crippen molar-refractivity contribution in [3.63, 3.8) is 0 Å². The van der Waals surface area contributed by atoms with Crippen molar-refractivity contribution in [2.45, 2.75) is 6.42 Å². The zero-order valence-electron chi connectivity index (χ0n) is 7.08. The third-order valence-electron chi connectivity index (χ3n) is 1.74. The lowest BCUT2D eigenvalue weighted by molar-refractivity contribution is 1.10. The zero-order chi connectivity index (χ0) is 9.97. The van der Waals surface area contributed by atoms with E-state index in [1.54, 1.807) is 0 Å². The fourth-order valence-corrected chi connectivity index (χ4v) is 2.63. The normalized spacial score (nSPS) is 10.4. The molecular formula is C9H6ClIN2S. The number of hydrogen-bond donors (Lipinski definition) is 0. The lowest BCUT2D eigenvalue weighted by Gasteiger charge is -1.99. The first-order valence-electron chi connectivity index (χ1n) is 3.97. The molecule has 14 heavy (non-hydrogen) atoms. The highest BCUT2D eigenvalue weighted by molar-refractivity contribution is 14.1. The summed E-state index contributed by atoms with van der Waals surface area (Å²) in [5, 5.41) is 1.79. The minimum absolute atomic E-state index is 0.764. The number of hydrogen-bond acceptors (Lipinski definition) is 3. The van der Waals surface area contributed by atoms with E-state index in [0.29, 0.717) is 0 Å². The fourth-order valence-electron chi connectivity index (χ4n) is 1.11. The van der Waals surface area contributed by atoms with Crippen LogP contribution in [-0.4, -0.2) is 9.36 Å². The van der Waals surface area contributed by atoms with Gasteiger partial charge in [0, 0.05) is 34.0 Å². The number of nitrogens with zero attached hydrogens (tertiary/aromatic N) is 2. The van der Waals surface area contributed by atoms with E-state index in [-0.39, 0.29) is 0 Å². The van der Waals surface area contributed by atoms with E-state index in [0.717, 1.165) is 25.8 Å². The summed E-state index contributed by atoms with van der Waals surface area (Å²) in [7, 11) is 0. The molecule has 0 spiro atoms. The van der Waals surface area contributed by atoms with Gasteiger partial charge in [0.2, 0.25) is 3.83 Å². The molecule has 0 bridgehead atoms. The Morgan fingerprint density at radius 3 is 2.79 bits per heavy atom. The van der Waals surface area contributed by atoms with Gasteiger partial charge in [-0.1, -0.05) is 29.8 Å². The van der Waals surface area contributed by atoms with Crippen molar-refractivity contribution in [3.05, 3.63) is 43.7 Å². The molecule has 0 amide bonds. The van der Waals surface area contributed by atoms with E-state index in [1.165, 1.54) is 11.5 Å². The topological polar surface area (TPSA) is 25.8 Å². The van der Waals surface area contributed by atoms with E-state index in [9.17, 15) is 0 Å². The van der Waals surface area contributed by atoms with Crippen LogP contribution < -0.4 is 0 Å². The maximum atomic E-state index is 6.04. The molecule has 2 aromatic rings. The maximum absolute atomic E-state index is 6.04. The van der Waals surface area contributed by atoms with Crippen molar-refractivity contribution >= 4 is 45.7 Å². The van der Waals surface area contributed by atoms with Gasteiger partial charge in [0.05, 0.1) is 0 Å². The Morgan fingerprint density at radius 1 is 1.36 bits per heavy atom. The van der Waals surface area contributed by atoms with Gasteiger partial charge in [0.1, 0.15) is 5.01 Å². The molecule has 0 atom stereocenters. The molecule has 1 aromatic heterocycles. The summed E-state index contributed by atoms with van der Waals surface area (Å²) in [6.45, 7) is 0. The van der Waals surface area contributed by atoms with E-state index < -0.39 is 0 Å². The molecular weight excluding hydrogens is 331 g/mol. The summed E-state index contributed by atoms with van der Waals surface area (Å²) < 4.78 is 4.92. The van der Waals surface area contributed by atoms with Crippen molar-refractivity contribution in [2.75, 3.05) is 0 Å². The molecule has 0 fully saturated rings. The second-order valence-corrected chi connectivity index (χ2v) is 4.93. The molecule has 72 valence electrons. The quantitative estimate of drug-likeness (QED) is 0.786. The summed E-state index contributed by atoms with van der Waals surface area (Å²) in [5.41, 5.74) is 1.10. The average molecular weight is 337 g/mol. The van der Waals surface area contributed by atoms with Crippen LogP contribution in [0.25, 0.3) is 0 Å². The lowest BCUT2D eigenvalue weighted by Crippen LogP contribution is -1.88. The van der Waals surface area contributed by atoms with Crippen LogP contribution in [0.2, 0.25) is 5.02 Å². The van der Waals surface area contributed by atoms with Crippen LogP contribution >= 0.6 is 45.7 Å². The second kappa shape index (κ2) is 4.55. The van der Waals surface area contributed by atoms with Gasteiger partial charge >= 0.3 is 0 Å². The SMILES string of the molecule is Clc1ccccc1Cc1nc(I)ns1. The van der Waals surface area contributed by atoms with E-state index >= 15 is 0 Å². The second-order valence-electron chi connectivity index (χ2n) is 2.73. The lowest BCUT2D eigenvalue weighted by atomic mass is 10.2. The molecule has 0 saturated heterocycles. The van der Waals surface area contributed by atoms with Crippen molar-refractivity contribution in [2.24, 2.45) is 0 Å². The number of aromatic nitrogens is 2. The summed E-state index contributed by atoms with van der Waals surface area (Å²) >= 11 is 9.57. The van der Waals surface area contributed by atoms with Crippen molar-refractivity contribution in [1.82, 2.24) is 9.36 Å². The molecule has 1 heterocycles. The minimum Gasteiger partial charge on any atom is -0.214 e. The first-order chi connectivity index (χ1) is 6.75. The van der Waals surface area contributed by atoms with Crippen LogP contribution in [-0.2, 0) is 6.42 Å². The zero-order valence-corrected chi connectivity index (χ0v) is 10.8. The van der Waals surface area contributed by atoms with Gasteiger partial charge in [0.25, 0.3) is 0 Å². The van der Waals surface area contributed by atoms with Gasteiger partial charge < -0.3 is 0 Å². The van der Waals surface area contributed by atoms with Gasteiger partial charge in [0.15, 0.2) is 0 Å². The van der Waals surface area contributed by atoms with E-state index in [4.69, 9.17) is 11.6 Å². The number of rotatable bonds is 2. The van der Waals surface area contributed by atoms with Crippen molar-refractivity contribution in [3.8, 4) is 0 Å². The molecule has 0 saturated carbocycles. The van der Waals surface area contributed by atoms with Gasteiger partial charge in [-0.05, 0) is 23.2 Å². The Balaban J connectivity index is 2.23. The third kappa shape index (κ3) is 2.43. The van der Waals surface area contributed by atoms with Crippen LogP contribution in [0.1, 0.15) is 10.6 Å². The highest BCUT2D eigenvalue weighted by Crippen LogP contribution is 2.19. The third-order valence-corrected chi connectivity index (χ3v) is 3.63. The molecule has 0 aliphatic rings. The maximum Gasteiger partial charge on any atom is 0.203 e. The van der Waals surface area contributed by atoms with Crippen LogP contribution in [0.15, 0.2) is 24.3 Å².